The fourth-order valence-corrected chi connectivity index (χ4v) is 4.77. The largest absolute Gasteiger partial charge is 0.511 e. The van der Waals surface area contributed by atoms with Crippen LogP contribution in [0, 0.1) is 0 Å². The van der Waals surface area contributed by atoms with E-state index < -0.39 is 15.5 Å². The van der Waals surface area contributed by atoms with Gasteiger partial charge in [0.1, 0.15) is 12.1 Å². The first-order chi connectivity index (χ1) is 15.6. The Morgan fingerprint density at radius 1 is 1.03 bits per heavy atom. The number of halogens is 4. The van der Waals surface area contributed by atoms with Crippen LogP contribution in [0.1, 0.15) is 28.8 Å². The van der Waals surface area contributed by atoms with E-state index in [1.54, 1.807) is 42.5 Å². The van der Waals surface area contributed by atoms with Gasteiger partial charge >= 0.3 is 15.5 Å². The molecule has 0 unspecified atom stereocenters. The average Bonchev–Trinajstić information content (AvgIpc) is 2.79. The second kappa shape index (κ2) is 8.88. The highest BCUT2D eigenvalue weighted by Gasteiger charge is 2.50. The third-order valence-electron chi connectivity index (χ3n) is 5.43. The molecule has 1 N–H and O–H groups in total. The maximum Gasteiger partial charge on any atom is 0.511 e. The number of alkyl halides is 3. The summed E-state index contributed by atoms with van der Waals surface area (Å²) >= 11 is 5.88. The van der Waals surface area contributed by atoms with Crippen LogP contribution >= 0.6 is 11.6 Å². The highest BCUT2D eigenvalue weighted by Crippen LogP contribution is 2.30. The number of hydrogen-bond donors (Lipinski definition) is 1. The fourth-order valence-electron chi connectivity index (χ4n) is 3.66. The quantitative estimate of drug-likeness (QED) is 0.529. The van der Waals surface area contributed by atoms with Crippen molar-refractivity contribution in [2.24, 2.45) is 0 Å². The first-order valence-corrected chi connectivity index (χ1v) is 11.8. The van der Waals surface area contributed by atoms with Gasteiger partial charge in [-0.1, -0.05) is 11.6 Å². The number of sulfonamides is 1. The van der Waals surface area contributed by atoms with Gasteiger partial charge in [0, 0.05) is 40.7 Å². The van der Waals surface area contributed by atoms with Crippen LogP contribution in [0.25, 0.3) is 10.9 Å². The number of nitrogens with zero attached hydrogens (tertiary/aromatic N) is 3. The van der Waals surface area contributed by atoms with Gasteiger partial charge in [-0.15, -0.1) is 0 Å². The van der Waals surface area contributed by atoms with Gasteiger partial charge in [-0.3, -0.25) is 4.79 Å². The molecular formula is C21H18ClF3N4O3S. The Morgan fingerprint density at radius 2 is 1.67 bits per heavy atom. The summed E-state index contributed by atoms with van der Waals surface area (Å²) < 4.78 is 62.0. The molecular weight excluding hydrogens is 481 g/mol. The molecule has 174 valence electrons. The van der Waals surface area contributed by atoms with Crippen LogP contribution < -0.4 is 5.32 Å². The summed E-state index contributed by atoms with van der Waals surface area (Å²) in [5, 5.41) is 4.25. The molecule has 1 aliphatic heterocycles. The van der Waals surface area contributed by atoms with Crippen LogP contribution in [-0.4, -0.2) is 53.1 Å². The van der Waals surface area contributed by atoms with Gasteiger partial charge in [0.15, 0.2) is 5.78 Å². The third-order valence-corrected chi connectivity index (χ3v) is 7.31. The predicted molar refractivity (Wildman–Crippen MR) is 118 cm³/mol. The van der Waals surface area contributed by atoms with Crippen molar-refractivity contribution in [3.63, 3.8) is 0 Å². The molecule has 1 aromatic heterocycles. The maximum atomic E-state index is 12.9. The van der Waals surface area contributed by atoms with Crippen molar-refractivity contribution in [1.82, 2.24) is 14.3 Å². The minimum Gasteiger partial charge on any atom is -0.367 e. The number of benzene rings is 2. The van der Waals surface area contributed by atoms with Crippen LogP contribution in [-0.2, 0) is 10.0 Å². The van der Waals surface area contributed by atoms with E-state index in [-0.39, 0.29) is 37.8 Å². The van der Waals surface area contributed by atoms with Crippen molar-refractivity contribution < 1.29 is 26.4 Å². The Labute approximate surface area is 192 Å². The van der Waals surface area contributed by atoms with Crippen LogP contribution in [0.4, 0.5) is 19.0 Å². The molecule has 0 spiro atoms. The third kappa shape index (κ3) is 4.80. The average molecular weight is 499 g/mol. The van der Waals surface area contributed by atoms with Crippen molar-refractivity contribution in [3.8, 4) is 0 Å². The van der Waals surface area contributed by atoms with Gasteiger partial charge in [0.25, 0.3) is 0 Å². The molecule has 3 aromatic rings. The van der Waals surface area contributed by atoms with Gasteiger partial charge in [-0.25, -0.2) is 18.4 Å². The number of ketones is 1. The fraction of sp³-hybridized carbons (Fsp3) is 0.286. The van der Waals surface area contributed by atoms with Crippen molar-refractivity contribution in [1.29, 1.82) is 0 Å². The maximum absolute atomic E-state index is 12.9. The number of fused-ring (bicyclic) bond motifs is 1. The number of rotatable bonds is 5. The Kier molecular flexibility index (Phi) is 6.30. The summed E-state index contributed by atoms with van der Waals surface area (Å²) in [7, 11) is -5.34. The molecule has 1 fully saturated rings. The highest BCUT2D eigenvalue weighted by molar-refractivity contribution is 7.90. The first-order valence-electron chi connectivity index (χ1n) is 9.94. The molecule has 12 heteroatoms. The van der Waals surface area contributed by atoms with E-state index in [0.717, 1.165) is 0 Å². The molecule has 0 amide bonds. The smallest absolute Gasteiger partial charge is 0.367 e. The lowest BCUT2D eigenvalue weighted by molar-refractivity contribution is -0.0494. The normalized spacial score (nSPS) is 16.1. The Bertz CT molecular complexity index is 1290. The molecule has 7 nitrogen and oxygen atoms in total. The molecule has 0 atom stereocenters. The van der Waals surface area contributed by atoms with E-state index in [2.05, 4.69) is 15.3 Å². The summed E-state index contributed by atoms with van der Waals surface area (Å²) in [5.74, 6) is 0.205. The monoisotopic (exact) mass is 498 g/mol. The molecule has 0 radical (unpaired) electrons. The Morgan fingerprint density at radius 3 is 2.30 bits per heavy atom. The zero-order valence-electron chi connectivity index (χ0n) is 17.0. The van der Waals surface area contributed by atoms with Crippen molar-refractivity contribution >= 4 is 44.1 Å². The van der Waals surface area contributed by atoms with Gasteiger partial charge in [-0.05, 0) is 55.3 Å². The van der Waals surface area contributed by atoms with Crippen molar-refractivity contribution in [2.45, 2.75) is 24.4 Å². The zero-order chi connectivity index (χ0) is 23.8. The first kappa shape index (κ1) is 23.4. The zero-order valence-corrected chi connectivity index (χ0v) is 18.6. The van der Waals surface area contributed by atoms with E-state index in [1.165, 1.54) is 6.33 Å². The van der Waals surface area contributed by atoms with E-state index >= 15 is 0 Å². The summed E-state index contributed by atoms with van der Waals surface area (Å²) in [4.78, 5) is 21.3. The van der Waals surface area contributed by atoms with Gasteiger partial charge in [0.2, 0.25) is 0 Å². The number of aromatic nitrogens is 2. The second-order valence-corrected chi connectivity index (χ2v) is 9.92. The SMILES string of the molecule is O=C(c1ccc(Cl)cc1)c1ccc2ncnc(NC3CCN(S(=O)(=O)C(F)(F)F)CC3)c2c1. The number of nitrogens with one attached hydrogen (secondary N) is 1. The summed E-state index contributed by atoms with van der Waals surface area (Å²) in [6.45, 7) is -0.522. The summed E-state index contributed by atoms with van der Waals surface area (Å²) in [6, 6.07) is 11.2. The molecule has 1 aliphatic rings. The molecule has 33 heavy (non-hydrogen) atoms. The van der Waals surface area contributed by atoms with E-state index in [4.69, 9.17) is 11.6 Å². The molecule has 0 aliphatic carbocycles. The van der Waals surface area contributed by atoms with Gasteiger partial charge in [-0.2, -0.15) is 17.5 Å². The molecule has 0 bridgehead atoms. The topological polar surface area (TPSA) is 92.3 Å². The Balaban J connectivity index is 1.54. The lowest BCUT2D eigenvalue weighted by Gasteiger charge is -2.32. The lowest BCUT2D eigenvalue weighted by atomic mass is 10.0. The van der Waals surface area contributed by atoms with Crippen molar-refractivity contribution in [3.05, 3.63) is 64.9 Å². The lowest BCUT2D eigenvalue weighted by Crippen LogP contribution is -2.47. The van der Waals surface area contributed by atoms with Crippen molar-refractivity contribution in [2.75, 3.05) is 18.4 Å². The number of carbonyl (C=O) groups excluding carboxylic acids is 1. The molecule has 2 heterocycles. The van der Waals surface area contributed by atoms with Crippen LogP contribution in [0.15, 0.2) is 48.8 Å². The summed E-state index contributed by atoms with van der Waals surface area (Å²) in [5.41, 5.74) is -3.86. The van der Waals surface area contributed by atoms with E-state index in [0.29, 0.717) is 37.2 Å². The number of hydrogen-bond acceptors (Lipinski definition) is 6. The standard InChI is InChI=1S/C21H18ClF3N4O3S/c22-15-4-1-13(2-5-15)19(30)14-3-6-18-17(11-14)20(27-12-26-18)28-16-7-9-29(10-8-16)33(31,32)21(23,24)25/h1-6,11-12,16H,7-10H2,(H,26,27,28). The minimum absolute atomic E-state index is 0.171. The highest BCUT2D eigenvalue weighted by atomic mass is 35.5. The number of anilines is 1. The molecule has 0 saturated carbocycles. The minimum atomic E-state index is -5.34. The molecule has 1 saturated heterocycles. The van der Waals surface area contributed by atoms with E-state index in [9.17, 15) is 26.4 Å². The van der Waals surface area contributed by atoms with Crippen LogP contribution in [0.5, 0.6) is 0 Å². The number of piperidine rings is 1. The van der Waals surface area contributed by atoms with Crippen LogP contribution in [0.3, 0.4) is 0 Å². The van der Waals surface area contributed by atoms with Gasteiger partial charge in [0.05, 0.1) is 5.52 Å². The van der Waals surface area contributed by atoms with Gasteiger partial charge < -0.3 is 5.32 Å². The molecule has 4 rings (SSSR count). The molecule has 2 aromatic carbocycles. The van der Waals surface area contributed by atoms with E-state index in [1.807, 2.05) is 0 Å². The summed E-state index contributed by atoms with van der Waals surface area (Å²) in [6.07, 6.45) is 1.68. The predicted octanol–water partition coefficient (Wildman–Crippen LogP) is 4.24. The van der Waals surface area contributed by atoms with Crippen LogP contribution in [0.2, 0.25) is 5.02 Å². The Hall–Kier alpha value is -2.76. The second-order valence-electron chi connectivity index (χ2n) is 7.56. The number of carbonyl (C=O) groups is 1.